The van der Waals surface area contributed by atoms with Gasteiger partial charge in [-0.2, -0.15) is 0 Å². The molecule has 1 aliphatic heterocycles. The Labute approximate surface area is 168 Å². The van der Waals surface area contributed by atoms with E-state index in [1.165, 1.54) is 0 Å². The lowest BCUT2D eigenvalue weighted by Gasteiger charge is -2.24. The minimum atomic E-state index is -3.53. The third-order valence-electron chi connectivity index (χ3n) is 5.48. The highest BCUT2D eigenvalue weighted by molar-refractivity contribution is 7.92. The first-order valence-corrected chi connectivity index (χ1v) is 11.2. The van der Waals surface area contributed by atoms with E-state index in [0.717, 1.165) is 0 Å². The molecule has 2 fully saturated rings. The molecule has 0 amide bonds. The molecule has 0 aromatic heterocycles. The van der Waals surface area contributed by atoms with Crippen LogP contribution in [0, 0.1) is 10.6 Å². The van der Waals surface area contributed by atoms with E-state index in [-0.39, 0.29) is 30.7 Å². The number of halogens is 3. The molecular formula is C20H22ClF2N3OS. The molecule has 1 saturated carbocycles. The van der Waals surface area contributed by atoms with Crippen LogP contribution in [0.4, 0.5) is 8.78 Å². The summed E-state index contributed by atoms with van der Waals surface area (Å²) in [4.78, 5) is 0. The topological polar surface area (TPSA) is 65.0 Å². The van der Waals surface area contributed by atoms with Crippen molar-refractivity contribution in [2.45, 2.75) is 42.8 Å². The highest BCUT2D eigenvalue weighted by atomic mass is 35.5. The van der Waals surface area contributed by atoms with E-state index >= 15 is 4.39 Å². The van der Waals surface area contributed by atoms with Gasteiger partial charge in [0, 0.05) is 22.7 Å². The number of hydrogen-bond donors (Lipinski definition) is 3. The fourth-order valence-corrected chi connectivity index (χ4v) is 5.47. The Morgan fingerprint density at radius 2 is 2.04 bits per heavy atom. The largest absolute Gasteiger partial charge is 0.312 e. The van der Waals surface area contributed by atoms with Crippen LogP contribution in [0.25, 0.3) is 11.1 Å². The van der Waals surface area contributed by atoms with Crippen LogP contribution in [0.1, 0.15) is 24.8 Å². The van der Waals surface area contributed by atoms with Crippen LogP contribution in [0.5, 0.6) is 0 Å². The Bertz CT molecular complexity index is 995. The van der Waals surface area contributed by atoms with Crippen molar-refractivity contribution in [3.63, 3.8) is 0 Å². The molecule has 1 unspecified atom stereocenters. The van der Waals surface area contributed by atoms with Crippen molar-refractivity contribution in [1.29, 1.82) is 4.78 Å². The molecule has 150 valence electrons. The van der Waals surface area contributed by atoms with Crippen molar-refractivity contribution < 1.29 is 13.0 Å². The van der Waals surface area contributed by atoms with Crippen molar-refractivity contribution in [3.05, 3.63) is 58.9 Å². The second kappa shape index (κ2) is 7.37. The van der Waals surface area contributed by atoms with Crippen LogP contribution < -0.4 is 10.0 Å². The summed E-state index contributed by atoms with van der Waals surface area (Å²) in [6.07, 6.45) is 1.28. The maximum absolute atomic E-state index is 15.2. The SMILES string of the molecule is N=S(=O)(N[C@H]1CCN[C@H]1Cc1cccc(-c2cccc(Cl)c2)c1F)C1(F)CC1. The number of rotatable bonds is 6. The molecule has 1 aliphatic carbocycles. The number of hydrogen-bond acceptors (Lipinski definition) is 3. The minimum Gasteiger partial charge on any atom is -0.312 e. The zero-order valence-corrected chi connectivity index (χ0v) is 16.8. The fraction of sp³-hybridized carbons (Fsp3) is 0.400. The van der Waals surface area contributed by atoms with Gasteiger partial charge in [0.1, 0.15) is 15.7 Å². The number of alkyl halides is 1. The smallest absolute Gasteiger partial charge is 0.206 e. The van der Waals surface area contributed by atoms with Gasteiger partial charge < -0.3 is 5.32 Å². The summed E-state index contributed by atoms with van der Waals surface area (Å²) in [6, 6.07) is 11.7. The Balaban J connectivity index is 1.54. The molecule has 2 aromatic rings. The Morgan fingerprint density at radius 1 is 1.29 bits per heavy atom. The Kier molecular flexibility index (Phi) is 5.20. The van der Waals surface area contributed by atoms with Gasteiger partial charge in [-0.1, -0.05) is 41.9 Å². The monoisotopic (exact) mass is 425 g/mol. The van der Waals surface area contributed by atoms with E-state index in [1.54, 1.807) is 42.5 Å². The van der Waals surface area contributed by atoms with Crippen LogP contribution in [0.15, 0.2) is 42.5 Å². The zero-order valence-electron chi connectivity index (χ0n) is 15.2. The first-order valence-electron chi connectivity index (χ1n) is 9.30. The molecule has 0 spiro atoms. The molecule has 4 rings (SSSR count). The van der Waals surface area contributed by atoms with Gasteiger partial charge in [-0.05, 0) is 55.5 Å². The Hall–Kier alpha value is -1.54. The third-order valence-corrected chi connectivity index (χ3v) is 7.79. The van der Waals surface area contributed by atoms with Crippen molar-refractivity contribution in [1.82, 2.24) is 10.0 Å². The summed E-state index contributed by atoms with van der Waals surface area (Å²) in [7, 11) is -3.53. The molecule has 0 bridgehead atoms. The summed E-state index contributed by atoms with van der Waals surface area (Å²) in [5, 5.41) is 1.88. The van der Waals surface area contributed by atoms with E-state index < -0.39 is 14.9 Å². The van der Waals surface area contributed by atoms with Crippen molar-refractivity contribution in [2.75, 3.05) is 6.54 Å². The molecule has 2 aromatic carbocycles. The van der Waals surface area contributed by atoms with E-state index in [0.29, 0.717) is 41.1 Å². The molecule has 2 aliphatic rings. The summed E-state index contributed by atoms with van der Waals surface area (Å²) >= 11 is 6.03. The van der Waals surface area contributed by atoms with E-state index in [4.69, 9.17) is 16.4 Å². The standard InChI is InChI=1S/C20H22ClF2N3OS/c21-15-5-1-3-13(11-15)16-6-2-4-14(19(16)22)12-18-17(7-10-25-18)26-28(24,27)20(23)8-9-20/h1-6,11,17-18,25H,7-10,12H2,(H2,24,26,27)/t17-,18-,28?/m0/s1. The van der Waals surface area contributed by atoms with Gasteiger partial charge in [0.2, 0.25) is 5.00 Å². The fourth-order valence-electron chi connectivity index (χ4n) is 3.68. The predicted molar refractivity (Wildman–Crippen MR) is 108 cm³/mol. The molecule has 1 heterocycles. The van der Waals surface area contributed by atoms with Gasteiger partial charge >= 0.3 is 0 Å². The minimum absolute atomic E-state index is 0.156. The molecule has 0 radical (unpaired) electrons. The lowest BCUT2D eigenvalue weighted by Crippen LogP contribution is -2.47. The first kappa shape index (κ1) is 19.8. The molecular weight excluding hydrogens is 404 g/mol. The Morgan fingerprint density at radius 3 is 2.75 bits per heavy atom. The summed E-state index contributed by atoms with van der Waals surface area (Å²) in [5.74, 6) is -0.326. The second-order valence-electron chi connectivity index (χ2n) is 7.51. The van der Waals surface area contributed by atoms with Gasteiger partial charge in [-0.3, -0.25) is 0 Å². The van der Waals surface area contributed by atoms with E-state index in [9.17, 15) is 8.60 Å². The van der Waals surface area contributed by atoms with Crippen LogP contribution in [0.3, 0.4) is 0 Å². The zero-order chi connectivity index (χ0) is 19.9. The quantitative estimate of drug-likeness (QED) is 0.641. The molecule has 1 saturated heterocycles. The summed E-state index contributed by atoms with van der Waals surface area (Å²) in [5.41, 5.74) is 1.68. The maximum Gasteiger partial charge on any atom is 0.206 e. The third kappa shape index (κ3) is 3.81. The average molecular weight is 426 g/mol. The molecule has 3 N–H and O–H groups in total. The van der Waals surface area contributed by atoms with Gasteiger partial charge in [0.05, 0.1) is 0 Å². The normalized spacial score (nSPS) is 25.4. The second-order valence-corrected chi connectivity index (χ2v) is 10.0. The van der Waals surface area contributed by atoms with Gasteiger partial charge in [0.15, 0.2) is 0 Å². The summed E-state index contributed by atoms with van der Waals surface area (Å²) in [6.45, 7) is 0.646. The van der Waals surface area contributed by atoms with Gasteiger partial charge in [-0.25, -0.2) is 22.5 Å². The van der Waals surface area contributed by atoms with Crippen molar-refractivity contribution in [2.24, 2.45) is 0 Å². The maximum atomic E-state index is 15.2. The number of benzene rings is 2. The van der Waals surface area contributed by atoms with Crippen molar-refractivity contribution in [3.8, 4) is 11.1 Å². The first-order chi connectivity index (χ1) is 13.3. The highest BCUT2D eigenvalue weighted by Gasteiger charge is 2.54. The summed E-state index contributed by atoms with van der Waals surface area (Å²) < 4.78 is 52.4. The van der Waals surface area contributed by atoms with E-state index in [2.05, 4.69) is 10.0 Å². The van der Waals surface area contributed by atoms with Gasteiger partial charge in [-0.15, -0.1) is 0 Å². The predicted octanol–water partition coefficient (Wildman–Crippen LogP) is 4.43. The number of nitrogens with one attached hydrogen (secondary N) is 3. The molecule has 8 heteroatoms. The van der Waals surface area contributed by atoms with Crippen LogP contribution in [-0.2, 0) is 16.3 Å². The van der Waals surface area contributed by atoms with Crippen molar-refractivity contribution >= 4 is 21.5 Å². The van der Waals surface area contributed by atoms with Crippen LogP contribution in [0.2, 0.25) is 5.02 Å². The van der Waals surface area contributed by atoms with Gasteiger partial charge in [0.25, 0.3) is 0 Å². The average Bonchev–Trinajstić information content (AvgIpc) is 3.28. The molecule has 3 atom stereocenters. The van der Waals surface area contributed by atoms with Crippen LogP contribution >= 0.6 is 11.6 Å². The highest BCUT2D eigenvalue weighted by Crippen LogP contribution is 2.45. The van der Waals surface area contributed by atoms with Crippen LogP contribution in [-0.4, -0.2) is 27.8 Å². The lowest BCUT2D eigenvalue weighted by molar-refractivity contribution is 0.406. The molecule has 28 heavy (non-hydrogen) atoms. The lowest BCUT2D eigenvalue weighted by atomic mass is 9.96. The molecule has 4 nitrogen and oxygen atoms in total. The van der Waals surface area contributed by atoms with E-state index in [1.807, 2.05) is 0 Å².